The first-order valence-corrected chi connectivity index (χ1v) is 10.7. The number of nitrogens with one attached hydrogen (secondary N) is 2. The van der Waals surface area contributed by atoms with E-state index in [0.29, 0.717) is 36.0 Å². The Bertz CT molecular complexity index is 1190. The number of phenols is 1. The Morgan fingerprint density at radius 1 is 1.06 bits per heavy atom. The number of aliphatic hydroxyl groups excluding tert-OH is 1. The number of aromatic hydroxyl groups is 1. The number of nitrogens with zero attached hydrogens (tertiary/aromatic N) is 4. The van der Waals surface area contributed by atoms with Crippen LogP contribution in [-0.2, 0) is 13.1 Å². The number of aliphatic hydroxyl groups is 1. The van der Waals surface area contributed by atoms with Crippen molar-refractivity contribution in [1.29, 1.82) is 0 Å². The number of aromatic nitrogens is 4. The van der Waals surface area contributed by atoms with Gasteiger partial charge in [-0.15, -0.1) is 0 Å². The molecule has 4 rings (SSSR count). The molecule has 2 aromatic heterocycles. The largest absolute Gasteiger partial charge is 0.507 e. The predicted octanol–water partition coefficient (Wildman–Crippen LogP) is 3.68. The molecule has 0 aliphatic rings. The van der Waals surface area contributed by atoms with E-state index in [1.807, 2.05) is 54.8 Å². The van der Waals surface area contributed by atoms with Crippen LogP contribution in [0.15, 0.2) is 54.9 Å². The van der Waals surface area contributed by atoms with Crippen molar-refractivity contribution in [2.24, 2.45) is 0 Å². The predicted molar refractivity (Wildman–Crippen MR) is 126 cm³/mol. The summed E-state index contributed by atoms with van der Waals surface area (Å²) in [5.74, 6) is 1.26. The van der Waals surface area contributed by atoms with Gasteiger partial charge in [-0.25, -0.2) is 4.98 Å². The van der Waals surface area contributed by atoms with Crippen molar-refractivity contribution in [2.75, 3.05) is 17.2 Å². The lowest BCUT2D eigenvalue weighted by Gasteiger charge is -2.16. The highest BCUT2D eigenvalue weighted by Crippen LogP contribution is 2.26. The lowest BCUT2D eigenvalue weighted by molar-refractivity contribution is 0.271. The van der Waals surface area contributed by atoms with Crippen LogP contribution in [0.25, 0.3) is 11.2 Å². The Labute approximate surface area is 187 Å². The Balaban J connectivity index is 1.70. The van der Waals surface area contributed by atoms with Gasteiger partial charge in [0.05, 0.1) is 25.5 Å². The number of benzene rings is 2. The van der Waals surface area contributed by atoms with E-state index >= 15 is 0 Å². The fraction of sp³-hybridized carbons (Fsp3) is 0.292. The first-order chi connectivity index (χ1) is 15.6. The molecular weight excluding hydrogens is 404 g/mol. The number of para-hydroxylation sites is 1. The van der Waals surface area contributed by atoms with Gasteiger partial charge >= 0.3 is 0 Å². The van der Waals surface area contributed by atoms with Crippen LogP contribution in [0, 0.1) is 6.92 Å². The van der Waals surface area contributed by atoms with Gasteiger partial charge in [0, 0.05) is 12.1 Å². The number of phenolic OH excluding ortho intramolecular Hbond substituents is 1. The summed E-state index contributed by atoms with van der Waals surface area (Å²) < 4.78 is 1.98. The minimum atomic E-state index is -0.147. The first kappa shape index (κ1) is 21.6. The molecule has 0 aliphatic heterocycles. The second-order valence-corrected chi connectivity index (χ2v) is 7.79. The maximum atomic E-state index is 10.4. The summed E-state index contributed by atoms with van der Waals surface area (Å²) in [5, 5.41) is 26.5. The van der Waals surface area contributed by atoms with E-state index in [0.717, 1.165) is 23.1 Å². The molecule has 166 valence electrons. The molecule has 4 N–H and O–H groups in total. The number of hydrogen-bond donors (Lipinski definition) is 4. The van der Waals surface area contributed by atoms with Gasteiger partial charge in [-0.05, 0) is 24.5 Å². The lowest BCUT2D eigenvalue weighted by Crippen LogP contribution is -2.24. The van der Waals surface area contributed by atoms with Gasteiger partial charge in [-0.3, -0.25) is 0 Å². The van der Waals surface area contributed by atoms with Gasteiger partial charge in [0.15, 0.2) is 17.0 Å². The van der Waals surface area contributed by atoms with Crippen molar-refractivity contribution in [3.8, 4) is 5.75 Å². The molecule has 1 atom stereocenters. The SMILES string of the molecule is CCC(CO)Nc1nc(NCc2cccc(C)c2O)c2ncn(Cc3ccccc3)c2n1. The third-order valence-electron chi connectivity index (χ3n) is 5.47. The molecule has 0 fully saturated rings. The minimum absolute atomic E-state index is 0.0128. The molecule has 4 aromatic rings. The van der Waals surface area contributed by atoms with Crippen molar-refractivity contribution in [3.05, 3.63) is 71.5 Å². The molecule has 2 aromatic carbocycles. The van der Waals surface area contributed by atoms with Gasteiger partial charge in [0.2, 0.25) is 5.95 Å². The molecule has 0 radical (unpaired) electrons. The molecule has 32 heavy (non-hydrogen) atoms. The van der Waals surface area contributed by atoms with Crippen molar-refractivity contribution in [1.82, 2.24) is 19.5 Å². The van der Waals surface area contributed by atoms with Crippen LogP contribution in [-0.4, -0.2) is 42.4 Å². The van der Waals surface area contributed by atoms with Crippen LogP contribution >= 0.6 is 0 Å². The Hall–Kier alpha value is -3.65. The summed E-state index contributed by atoms with van der Waals surface area (Å²) in [6.07, 6.45) is 2.50. The van der Waals surface area contributed by atoms with Gasteiger partial charge in [0.1, 0.15) is 5.75 Å². The third-order valence-corrected chi connectivity index (χ3v) is 5.47. The normalized spacial score (nSPS) is 12.1. The number of anilines is 2. The second kappa shape index (κ2) is 9.65. The Morgan fingerprint density at radius 3 is 2.62 bits per heavy atom. The monoisotopic (exact) mass is 432 g/mol. The van der Waals surface area contributed by atoms with Crippen LogP contribution in [0.3, 0.4) is 0 Å². The van der Waals surface area contributed by atoms with Crippen LogP contribution in [0.1, 0.15) is 30.0 Å². The summed E-state index contributed by atoms with van der Waals surface area (Å²) >= 11 is 0. The number of imidazole rings is 1. The zero-order valence-electron chi connectivity index (χ0n) is 18.3. The van der Waals surface area contributed by atoms with Crippen molar-refractivity contribution in [3.63, 3.8) is 0 Å². The number of rotatable bonds is 9. The number of hydrogen-bond acceptors (Lipinski definition) is 7. The van der Waals surface area contributed by atoms with Crippen LogP contribution in [0.5, 0.6) is 5.75 Å². The zero-order valence-corrected chi connectivity index (χ0v) is 18.3. The van der Waals surface area contributed by atoms with E-state index in [2.05, 4.69) is 32.7 Å². The summed E-state index contributed by atoms with van der Waals surface area (Å²) in [7, 11) is 0. The lowest BCUT2D eigenvalue weighted by atomic mass is 10.1. The molecule has 2 heterocycles. The molecule has 0 bridgehead atoms. The van der Waals surface area contributed by atoms with Gasteiger partial charge in [0.25, 0.3) is 0 Å². The quantitative estimate of drug-likeness (QED) is 0.319. The molecule has 0 amide bonds. The van der Waals surface area contributed by atoms with Crippen molar-refractivity contribution in [2.45, 2.75) is 39.4 Å². The smallest absolute Gasteiger partial charge is 0.227 e. The van der Waals surface area contributed by atoms with Crippen LogP contribution in [0.2, 0.25) is 0 Å². The molecule has 1 unspecified atom stereocenters. The van der Waals surface area contributed by atoms with E-state index in [-0.39, 0.29) is 18.4 Å². The first-order valence-electron chi connectivity index (χ1n) is 10.7. The zero-order chi connectivity index (χ0) is 22.5. The number of aryl methyl sites for hydroxylation is 1. The van der Waals surface area contributed by atoms with Gasteiger partial charge in [-0.2, -0.15) is 9.97 Å². The molecule has 0 saturated carbocycles. The summed E-state index contributed by atoms with van der Waals surface area (Å²) in [4.78, 5) is 13.9. The van der Waals surface area contributed by atoms with E-state index in [4.69, 9.17) is 4.98 Å². The highest BCUT2D eigenvalue weighted by Gasteiger charge is 2.16. The molecule has 8 heteroatoms. The van der Waals surface area contributed by atoms with E-state index in [9.17, 15) is 10.2 Å². The molecule has 0 aliphatic carbocycles. The minimum Gasteiger partial charge on any atom is -0.507 e. The van der Waals surface area contributed by atoms with Gasteiger partial charge < -0.3 is 25.4 Å². The van der Waals surface area contributed by atoms with Crippen molar-refractivity contribution >= 4 is 22.9 Å². The van der Waals surface area contributed by atoms with E-state index < -0.39 is 0 Å². The Kier molecular flexibility index (Phi) is 6.51. The van der Waals surface area contributed by atoms with E-state index in [1.165, 1.54) is 0 Å². The highest BCUT2D eigenvalue weighted by atomic mass is 16.3. The van der Waals surface area contributed by atoms with Crippen molar-refractivity contribution < 1.29 is 10.2 Å². The third kappa shape index (κ3) is 4.65. The molecular formula is C24H28N6O2. The summed E-state index contributed by atoms with van der Waals surface area (Å²) in [6, 6.07) is 15.6. The standard InChI is InChI=1S/C24H28N6O2/c1-3-19(14-31)27-24-28-22(25-12-18-11-7-8-16(2)21(18)32)20-23(29-24)30(15-26-20)13-17-9-5-4-6-10-17/h4-11,15,19,31-32H,3,12-14H2,1-2H3,(H2,25,27,28,29). The summed E-state index contributed by atoms with van der Waals surface area (Å²) in [6.45, 7) is 4.87. The molecule has 8 nitrogen and oxygen atoms in total. The second-order valence-electron chi connectivity index (χ2n) is 7.79. The Morgan fingerprint density at radius 2 is 1.88 bits per heavy atom. The maximum Gasteiger partial charge on any atom is 0.227 e. The number of fused-ring (bicyclic) bond motifs is 1. The average molecular weight is 433 g/mol. The molecule has 0 spiro atoms. The fourth-order valence-corrected chi connectivity index (χ4v) is 3.53. The maximum absolute atomic E-state index is 10.4. The summed E-state index contributed by atoms with van der Waals surface area (Å²) in [5.41, 5.74) is 4.07. The highest BCUT2D eigenvalue weighted by molar-refractivity contribution is 5.84. The van der Waals surface area contributed by atoms with Crippen LogP contribution in [0.4, 0.5) is 11.8 Å². The molecule has 0 saturated heterocycles. The fourth-order valence-electron chi connectivity index (χ4n) is 3.53. The van der Waals surface area contributed by atoms with Crippen LogP contribution < -0.4 is 10.6 Å². The topological polar surface area (TPSA) is 108 Å². The van der Waals surface area contributed by atoms with E-state index in [1.54, 1.807) is 6.33 Å². The average Bonchev–Trinajstić information content (AvgIpc) is 3.21. The van der Waals surface area contributed by atoms with Gasteiger partial charge in [-0.1, -0.05) is 55.5 Å².